The van der Waals surface area contributed by atoms with Crippen molar-refractivity contribution in [1.82, 2.24) is 14.8 Å². The van der Waals surface area contributed by atoms with Crippen LogP contribution in [-0.2, 0) is 13.5 Å². The van der Waals surface area contributed by atoms with E-state index in [1.54, 1.807) is 0 Å². The van der Waals surface area contributed by atoms with Crippen molar-refractivity contribution in [3.8, 4) is 0 Å². The minimum atomic E-state index is 0.866. The van der Waals surface area contributed by atoms with Gasteiger partial charge in [-0.05, 0) is 18.2 Å². The maximum absolute atomic E-state index is 4.37. The van der Waals surface area contributed by atoms with Gasteiger partial charge >= 0.3 is 0 Å². The standard InChI is InChI=1S/C15H16N4/c1-19-11-8-12(18-19)6-9-16-15-7-10-17-14-5-3-2-4-13(14)15/h2-5,7-8,10-11H,6,9H2,1H3,(H,16,17). The number of pyridine rings is 1. The van der Waals surface area contributed by atoms with Crippen molar-refractivity contribution in [2.45, 2.75) is 6.42 Å². The van der Waals surface area contributed by atoms with Crippen molar-refractivity contribution in [3.05, 3.63) is 54.5 Å². The molecule has 0 bridgehead atoms. The van der Waals surface area contributed by atoms with Crippen molar-refractivity contribution in [3.63, 3.8) is 0 Å². The number of aryl methyl sites for hydroxylation is 1. The van der Waals surface area contributed by atoms with Gasteiger partial charge in [0.25, 0.3) is 0 Å². The van der Waals surface area contributed by atoms with E-state index in [2.05, 4.69) is 21.5 Å². The van der Waals surface area contributed by atoms with Crippen LogP contribution in [0, 0.1) is 0 Å². The molecule has 0 spiro atoms. The minimum Gasteiger partial charge on any atom is -0.384 e. The monoisotopic (exact) mass is 252 g/mol. The Morgan fingerprint density at radius 1 is 1.16 bits per heavy atom. The molecule has 4 heteroatoms. The van der Waals surface area contributed by atoms with Crippen LogP contribution in [-0.4, -0.2) is 21.3 Å². The first kappa shape index (κ1) is 11.7. The summed E-state index contributed by atoms with van der Waals surface area (Å²) in [7, 11) is 1.94. The average Bonchev–Trinajstić information content (AvgIpc) is 2.85. The van der Waals surface area contributed by atoms with Gasteiger partial charge in [0.15, 0.2) is 0 Å². The predicted molar refractivity (Wildman–Crippen MR) is 77.1 cm³/mol. The molecule has 0 fully saturated rings. The third kappa shape index (κ3) is 2.57. The molecule has 0 saturated carbocycles. The van der Waals surface area contributed by atoms with Gasteiger partial charge in [-0.3, -0.25) is 9.67 Å². The number of hydrogen-bond acceptors (Lipinski definition) is 3. The van der Waals surface area contributed by atoms with Gasteiger partial charge in [0.2, 0.25) is 0 Å². The lowest BCUT2D eigenvalue weighted by Gasteiger charge is -2.08. The van der Waals surface area contributed by atoms with Crippen molar-refractivity contribution in [2.75, 3.05) is 11.9 Å². The lowest BCUT2D eigenvalue weighted by molar-refractivity contribution is 0.742. The Balaban J connectivity index is 1.71. The summed E-state index contributed by atoms with van der Waals surface area (Å²) in [6.07, 6.45) is 4.72. The van der Waals surface area contributed by atoms with Crippen LogP contribution in [0.15, 0.2) is 48.8 Å². The number of para-hydroxylation sites is 1. The largest absolute Gasteiger partial charge is 0.384 e. The fraction of sp³-hybridized carbons (Fsp3) is 0.200. The predicted octanol–water partition coefficient (Wildman–Crippen LogP) is 2.62. The quantitative estimate of drug-likeness (QED) is 0.776. The zero-order valence-corrected chi connectivity index (χ0v) is 10.9. The fourth-order valence-electron chi connectivity index (χ4n) is 2.17. The molecular formula is C15H16N4. The summed E-state index contributed by atoms with van der Waals surface area (Å²) in [6, 6.07) is 12.2. The molecule has 2 heterocycles. The van der Waals surface area contributed by atoms with Gasteiger partial charge in [0.1, 0.15) is 0 Å². The van der Waals surface area contributed by atoms with Gasteiger partial charge in [0.05, 0.1) is 11.2 Å². The first-order valence-corrected chi connectivity index (χ1v) is 6.39. The van der Waals surface area contributed by atoms with Crippen LogP contribution < -0.4 is 5.32 Å². The van der Waals surface area contributed by atoms with E-state index < -0.39 is 0 Å². The highest BCUT2D eigenvalue weighted by molar-refractivity contribution is 5.90. The summed E-state index contributed by atoms with van der Waals surface area (Å²) in [4.78, 5) is 4.36. The number of benzene rings is 1. The smallest absolute Gasteiger partial charge is 0.0722 e. The first-order chi connectivity index (χ1) is 9.33. The number of nitrogens with one attached hydrogen (secondary N) is 1. The number of hydrogen-bond donors (Lipinski definition) is 1. The highest BCUT2D eigenvalue weighted by Gasteiger charge is 2.01. The van der Waals surface area contributed by atoms with Crippen molar-refractivity contribution in [2.24, 2.45) is 7.05 Å². The molecule has 0 saturated heterocycles. The Morgan fingerprint density at radius 2 is 2.05 bits per heavy atom. The average molecular weight is 252 g/mol. The van der Waals surface area contributed by atoms with Crippen molar-refractivity contribution >= 4 is 16.6 Å². The van der Waals surface area contributed by atoms with Crippen LogP contribution in [0.4, 0.5) is 5.69 Å². The molecule has 0 amide bonds. The SMILES string of the molecule is Cn1ccc(CCNc2ccnc3ccccc23)n1. The number of anilines is 1. The second-order valence-electron chi connectivity index (χ2n) is 4.53. The zero-order valence-electron chi connectivity index (χ0n) is 10.9. The molecule has 1 aromatic carbocycles. The molecule has 0 aliphatic carbocycles. The Morgan fingerprint density at radius 3 is 2.89 bits per heavy atom. The van der Waals surface area contributed by atoms with E-state index in [1.165, 1.54) is 0 Å². The van der Waals surface area contributed by atoms with Crippen molar-refractivity contribution < 1.29 is 0 Å². The van der Waals surface area contributed by atoms with Crippen LogP contribution in [0.3, 0.4) is 0 Å². The Kier molecular flexibility index (Phi) is 3.14. The molecule has 19 heavy (non-hydrogen) atoms. The Hall–Kier alpha value is -2.36. The van der Waals surface area contributed by atoms with Crippen LogP contribution in [0.1, 0.15) is 5.69 Å². The van der Waals surface area contributed by atoms with Gasteiger partial charge in [0, 0.05) is 43.5 Å². The molecule has 0 atom stereocenters. The summed E-state index contributed by atoms with van der Waals surface area (Å²) in [6.45, 7) is 0.866. The number of nitrogens with zero attached hydrogens (tertiary/aromatic N) is 3. The summed E-state index contributed by atoms with van der Waals surface area (Å²) in [5.41, 5.74) is 3.25. The van der Waals surface area contributed by atoms with E-state index in [9.17, 15) is 0 Å². The Labute approximate surface area is 112 Å². The molecule has 1 N–H and O–H groups in total. The van der Waals surface area contributed by atoms with Crippen LogP contribution in [0.25, 0.3) is 10.9 Å². The third-order valence-corrected chi connectivity index (χ3v) is 3.11. The normalized spacial score (nSPS) is 10.8. The van der Waals surface area contributed by atoms with E-state index in [4.69, 9.17) is 0 Å². The van der Waals surface area contributed by atoms with Gasteiger partial charge in [-0.2, -0.15) is 5.10 Å². The number of fused-ring (bicyclic) bond motifs is 1. The van der Waals surface area contributed by atoms with E-state index in [1.807, 2.05) is 54.5 Å². The molecule has 0 radical (unpaired) electrons. The van der Waals surface area contributed by atoms with Gasteiger partial charge in [-0.1, -0.05) is 18.2 Å². The fourth-order valence-corrected chi connectivity index (χ4v) is 2.17. The topological polar surface area (TPSA) is 42.7 Å². The summed E-state index contributed by atoms with van der Waals surface area (Å²) in [5, 5.41) is 8.98. The molecule has 0 aliphatic heterocycles. The van der Waals surface area contributed by atoms with E-state index >= 15 is 0 Å². The number of rotatable bonds is 4. The van der Waals surface area contributed by atoms with Gasteiger partial charge < -0.3 is 5.32 Å². The first-order valence-electron chi connectivity index (χ1n) is 6.39. The van der Waals surface area contributed by atoms with E-state index in [0.29, 0.717) is 0 Å². The highest BCUT2D eigenvalue weighted by atomic mass is 15.2. The third-order valence-electron chi connectivity index (χ3n) is 3.11. The Bertz CT molecular complexity index is 682. The number of aromatic nitrogens is 3. The summed E-state index contributed by atoms with van der Waals surface area (Å²) < 4.78 is 1.83. The van der Waals surface area contributed by atoms with Crippen LogP contribution in [0.2, 0.25) is 0 Å². The maximum Gasteiger partial charge on any atom is 0.0722 e. The lowest BCUT2D eigenvalue weighted by Crippen LogP contribution is -2.06. The van der Waals surface area contributed by atoms with Gasteiger partial charge in [-0.25, -0.2) is 0 Å². The van der Waals surface area contributed by atoms with E-state index in [-0.39, 0.29) is 0 Å². The van der Waals surface area contributed by atoms with Crippen LogP contribution >= 0.6 is 0 Å². The summed E-state index contributed by atoms with van der Waals surface area (Å²) >= 11 is 0. The second-order valence-corrected chi connectivity index (χ2v) is 4.53. The minimum absolute atomic E-state index is 0.866. The molecule has 0 aliphatic rings. The molecular weight excluding hydrogens is 236 g/mol. The second kappa shape index (κ2) is 5.10. The van der Waals surface area contributed by atoms with Gasteiger partial charge in [-0.15, -0.1) is 0 Å². The molecule has 3 rings (SSSR count). The zero-order chi connectivity index (χ0) is 13.1. The lowest BCUT2D eigenvalue weighted by atomic mass is 10.2. The van der Waals surface area contributed by atoms with E-state index in [0.717, 1.165) is 35.2 Å². The van der Waals surface area contributed by atoms with Crippen molar-refractivity contribution in [1.29, 1.82) is 0 Å². The molecule has 3 aromatic rings. The van der Waals surface area contributed by atoms with Crippen LogP contribution in [0.5, 0.6) is 0 Å². The maximum atomic E-state index is 4.37. The molecule has 2 aromatic heterocycles. The highest BCUT2D eigenvalue weighted by Crippen LogP contribution is 2.20. The summed E-state index contributed by atoms with van der Waals surface area (Å²) in [5.74, 6) is 0. The molecule has 0 unspecified atom stereocenters. The molecule has 4 nitrogen and oxygen atoms in total. The molecule has 96 valence electrons.